The van der Waals surface area contributed by atoms with E-state index in [-0.39, 0.29) is 6.04 Å². The van der Waals surface area contributed by atoms with Gasteiger partial charge in [0.1, 0.15) is 0 Å². The zero-order chi connectivity index (χ0) is 16.9. The van der Waals surface area contributed by atoms with Crippen molar-refractivity contribution >= 4 is 23.2 Å². The Morgan fingerprint density at radius 1 is 1.00 bits per heavy atom. The van der Waals surface area contributed by atoms with E-state index >= 15 is 0 Å². The van der Waals surface area contributed by atoms with Gasteiger partial charge in [-0.2, -0.15) is 4.98 Å². The van der Waals surface area contributed by atoms with Crippen LogP contribution in [0.4, 0.5) is 0 Å². The summed E-state index contributed by atoms with van der Waals surface area (Å²) in [7, 11) is 0. The molecule has 4 nitrogen and oxygen atoms in total. The van der Waals surface area contributed by atoms with E-state index in [9.17, 15) is 0 Å². The van der Waals surface area contributed by atoms with Gasteiger partial charge in [0.2, 0.25) is 5.89 Å². The van der Waals surface area contributed by atoms with Gasteiger partial charge in [-0.25, -0.2) is 0 Å². The van der Waals surface area contributed by atoms with E-state index in [1.165, 1.54) is 5.56 Å². The van der Waals surface area contributed by atoms with Crippen molar-refractivity contribution < 1.29 is 4.52 Å². The summed E-state index contributed by atoms with van der Waals surface area (Å²) in [6.07, 6.45) is 2.00. The highest BCUT2D eigenvalue weighted by Crippen LogP contribution is 2.26. The molecule has 0 saturated carbocycles. The molecule has 0 amide bonds. The molecular formula is C18H17Cl2N3O. The van der Waals surface area contributed by atoms with Gasteiger partial charge in [-0.3, -0.25) is 0 Å². The molecule has 0 saturated heterocycles. The minimum Gasteiger partial charge on any atom is -0.338 e. The van der Waals surface area contributed by atoms with Gasteiger partial charge < -0.3 is 10.3 Å². The van der Waals surface area contributed by atoms with Crippen LogP contribution in [0, 0.1) is 0 Å². The SMILES string of the molecule is N[C@H](CCc1ccccc1)c1nc(Cc2c(Cl)cccc2Cl)no1. The second-order valence-corrected chi connectivity index (χ2v) is 6.37. The van der Waals surface area contributed by atoms with Crippen molar-refractivity contribution in [2.45, 2.75) is 25.3 Å². The van der Waals surface area contributed by atoms with E-state index in [2.05, 4.69) is 22.3 Å². The maximum Gasteiger partial charge on any atom is 0.243 e. The highest BCUT2D eigenvalue weighted by atomic mass is 35.5. The monoisotopic (exact) mass is 361 g/mol. The van der Waals surface area contributed by atoms with Gasteiger partial charge in [-0.15, -0.1) is 0 Å². The van der Waals surface area contributed by atoms with Crippen LogP contribution in [0.5, 0.6) is 0 Å². The molecule has 0 aliphatic carbocycles. The number of benzene rings is 2. The van der Waals surface area contributed by atoms with Gasteiger partial charge in [-0.1, -0.05) is 64.8 Å². The molecule has 6 heteroatoms. The molecule has 0 unspecified atom stereocenters. The summed E-state index contributed by atoms with van der Waals surface area (Å²) in [6.45, 7) is 0. The van der Waals surface area contributed by atoms with Crippen molar-refractivity contribution in [2.75, 3.05) is 0 Å². The van der Waals surface area contributed by atoms with Crippen LogP contribution in [0.2, 0.25) is 10.0 Å². The lowest BCUT2D eigenvalue weighted by atomic mass is 10.1. The molecule has 0 fully saturated rings. The highest BCUT2D eigenvalue weighted by Gasteiger charge is 2.16. The van der Waals surface area contributed by atoms with Gasteiger partial charge in [0.25, 0.3) is 0 Å². The van der Waals surface area contributed by atoms with Crippen LogP contribution in [0.25, 0.3) is 0 Å². The quantitative estimate of drug-likeness (QED) is 0.696. The molecule has 0 aliphatic rings. The Bertz CT molecular complexity index is 785. The smallest absolute Gasteiger partial charge is 0.243 e. The maximum absolute atomic E-state index is 6.17. The van der Waals surface area contributed by atoms with Crippen molar-refractivity contribution in [3.05, 3.63) is 81.4 Å². The first-order valence-electron chi connectivity index (χ1n) is 7.68. The number of rotatable bonds is 6. The zero-order valence-corrected chi connectivity index (χ0v) is 14.5. The molecule has 2 N–H and O–H groups in total. The number of hydrogen-bond acceptors (Lipinski definition) is 4. The van der Waals surface area contributed by atoms with Crippen LogP contribution in [-0.4, -0.2) is 10.1 Å². The molecule has 0 radical (unpaired) electrons. The van der Waals surface area contributed by atoms with Gasteiger partial charge in [0.05, 0.1) is 6.04 Å². The largest absolute Gasteiger partial charge is 0.338 e. The van der Waals surface area contributed by atoms with Gasteiger partial charge >= 0.3 is 0 Å². The Kier molecular flexibility index (Phi) is 5.51. The summed E-state index contributed by atoms with van der Waals surface area (Å²) >= 11 is 12.3. The molecule has 1 atom stereocenters. The van der Waals surface area contributed by atoms with Crippen molar-refractivity contribution in [2.24, 2.45) is 5.73 Å². The summed E-state index contributed by atoms with van der Waals surface area (Å²) in [5.74, 6) is 0.958. The number of halogens is 2. The zero-order valence-electron chi connectivity index (χ0n) is 13.0. The Balaban J connectivity index is 1.64. The van der Waals surface area contributed by atoms with E-state index < -0.39 is 0 Å². The van der Waals surface area contributed by atoms with Crippen LogP contribution < -0.4 is 5.73 Å². The predicted octanol–water partition coefficient (Wildman–Crippen LogP) is 4.60. The molecule has 0 bridgehead atoms. The third kappa shape index (κ3) is 4.15. The Morgan fingerprint density at radius 3 is 2.42 bits per heavy atom. The second-order valence-electron chi connectivity index (χ2n) is 5.56. The third-order valence-corrected chi connectivity index (χ3v) is 4.49. The normalized spacial score (nSPS) is 12.3. The van der Waals surface area contributed by atoms with Crippen LogP contribution >= 0.6 is 23.2 Å². The lowest BCUT2D eigenvalue weighted by molar-refractivity contribution is 0.345. The third-order valence-electron chi connectivity index (χ3n) is 3.78. The topological polar surface area (TPSA) is 64.9 Å². The molecular weight excluding hydrogens is 345 g/mol. The fourth-order valence-corrected chi connectivity index (χ4v) is 2.97. The minimum atomic E-state index is -0.298. The molecule has 3 rings (SSSR count). The van der Waals surface area contributed by atoms with Gasteiger partial charge in [-0.05, 0) is 36.1 Å². The lowest BCUT2D eigenvalue weighted by Crippen LogP contribution is -2.12. The van der Waals surface area contributed by atoms with E-state index in [0.717, 1.165) is 18.4 Å². The summed E-state index contributed by atoms with van der Waals surface area (Å²) in [5.41, 5.74) is 8.18. The van der Waals surface area contributed by atoms with E-state index in [0.29, 0.717) is 28.2 Å². The summed E-state index contributed by atoms with van der Waals surface area (Å²) in [6, 6.07) is 15.2. The first-order valence-corrected chi connectivity index (χ1v) is 8.44. The number of aromatic nitrogens is 2. The average molecular weight is 362 g/mol. The Morgan fingerprint density at radius 2 is 1.71 bits per heavy atom. The summed E-state index contributed by atoms with van der Waals surface area (Å²) < 4.78 is 5.29. The van der Waals surface area contributed by atoms with Crippen LogP contribution in [0.1, 0.15) is 35.3 Å². The number of aryl methyl sites for hydroxylation is 1. The van der Waals surface area contributed by atoms with E-state index in [1.54, 1.807) is 18.2 Å². The van der Waals surface area contributed by atoms with Crippen LogP contribution in [-0.2, 0) is 12.8 Å². The standard InChI is InChI=1S/C18H17Cl2N3O/c19-14-7-4-8-15(20)13(14)11-17-22-18(24-23-17)16(21)10-9-12-5-2-1-3-6-12/h1-8,16H,9-11,21H2/t16-/m1/s1. The van der Waals surface area contributed by atoms with E-state index in [4.69, 9.17) is 33.5 Å². The van der Waals surface area contributed by atoms with Crippen LogP contribution in [0.3, 0.4) is 0 Å². The fraction of sp³-hybridized carbons (Fsp3) is 0.222. The highest BCUT2D eigenvalue weighted by molar-refractivity contribution is 6.36. The number of hydrogen-bond donors (Lipinski definition) is 1. The molecule has 24 heavy (non-hydrogen) atoms. The average Bonchev–Trinajstić information content (AvgIpc) is 3.06. The molecule has 1 heterocycles. The Hall–Kier alpha value is -1.88. The molecule has 0 spiro atoms. The first-order chi connectivity index (χ1) is 11.6. The molecule has 1 aromatic heterocycles. The minimum absolute atomic E-state index is 0.298. The Labute approximate surface area is 150 Å². The summed E-state index contributed by atoms with van der Waals surface area (Å²) in [4.78, 5) is 4.38. The van der Waals surface area contributed by atoms with Crippen molar-refractivity contribution in [1.29, 1.82) is 0 Å². The first kappa shape index (κ1) is 17.0. The predicted molar refractivity (Wildman–Crippen MR) is 95.3 cm³/mol. The van der Waals surface area contributed by atoms with Crippen molar-refractivity contribution in [3.8, 4) is 0 Å². The number of nitrogens with zero attached hydrogens (tertiary/aromatic N) is 2. The molecule has 2 aromatic carbocycles. The number of nitrogens with two attached hydrogens (primary N) is 1. The maximum atomic E-state index is 6.17. The van der Waals surface area contributed by atoms with Gasteiger partial charge in [0.15, 0.2) is 5.82 Å². The second kappa shape index (κ2) is 7.79. The lowest BCUT2D eigenvalue weighted by Gasteiger charge is -2.06. The van der Waals surface area contributed by atoms with Crippen molar-refractivity contribution in [1.82, 2.24) is 10.1 Å². The van der Waals surface area contributed by atoms with Gasteiger partial charge in [0, 0.05) is 16.5 Å². The molecule has 0 aliphatic heterocycles. The molecule has 124 valence electrons. The summed E-state index contributed by atoms with van der Waals surface area (Å²) in [5, 5.41) is 5.16. The van der Waals surface area contributed by atoms with Crippen LogP contribution in [0.15, 0.2) is 53.1 Å². The fourth-order valence-electron chi connectivity index (χ4n) is 2.44. The van der Waals surface area contributed by atoms with E-state index in [1.807, 2.05) is 18.2 Å². The van der Waals surface area contributed by atoms with Crippen molar-refractivity contribution in [3.63, 3.8) is 0 Å². The molecule has 3 aromatic rings.